The second-order valence-electron chi connectivity index (χ2n) is 5.61. The molecule has 7 heteroatoms. The first-order valence-corrected chi connectivity index (χ1v) is 9.82. The standard InChI is InChI=1S/C17H23NO4S2/c1-11-8-14(9-12(2)17(11)22-5)24(19,20)18-10-15(21-4)16-7-6-13(3)23-16/h6-9,15,18H,10H2,1-5H3. The first-order chi connectivity index (χ1) is 11.3. The average molecular weight is 370 g/mol. The first kappa shape index (κ1) is 18.9. The summed E-state index contributed by atoms with van der Waals surface area (Å²) in [6.07, 6.45) is -0.307. The van der Waals surface area contributed by atoms with Gasteiger partial charge in [0.05, 0.1) is 12.0 Å². The molecule has 0 amide bonds. The van der Waals surface area contributed by atoms with Gasteiger partial charge in [-0.1, -0.05) is 0 Å². The lowest BCUT2D eigenvalue weighted by Gasteiger charge is -2.16. The first-order valence-electron chi connectivity index (χ1n) is 7.52. The molecule has 2 rings (SSSR count). The van der Waals surface area contributed by atoms with Gasteiger partial charge in [-0.05, 0) is 56.2 Å². The molecule has 1 heterocycles. The summed E-state index contributed by atoms with van der Waals surface area (Å²) in [6.45, 7) is 5.85. The van der Waals surface area contributed by atoms with Crippen molar-refractivity contribution in [1.29, 1.82) is 0 Å². The van der Waals surface area contributed by atoms with Crippen LogP contribution in [0.1, 0.15) is 27.0 Å². The largest absolute Gasteiger partial charge is 0.496 e. The van der Waals surface area contributed by atoms with Gasteiger partial charge in [-0.15, -0.1) is 11.3 Å². The lowest BCUT2D eigenvalue weighted by atomic mass is 10.1. The Labute approximate surface area is 147 Å². The molecule has 1 aromatic carbocycles. The fourth-order valence-electron chi connectivity index (χ4n) is 2.58. The summed E-state index contributed by atoms with van der Waals surface area (Å²) < 4.78 is 38.5. The van der Waals surface area contributed by atoms with E-state index in [9.17, 15) is 8.42 Å². The van der Waals surface area contributed by atoms with E-state index in [2.05, 4.69) is 4.72 Å². The summed E-state index contributed by atoms with van der Waals surface area (Å²) in [5.74, 6) is 0.706. The van der Waals surface area contributed by atoms with E-state index in [0.717, 1.165) is 20.9 Å². The molecule has 1 atom stereocenters. The van der Waals surface area contributed by atoms with Crippen LogP contribution in [0.5, 0.6) is 5.75 Å². The Morgan fingerprint density at radius 3 is 2.21 bits per heavy atom. The minimum atomic E-state index is -3.62. The molecule has 2 aromatic rings. The number of rotatable bonds is 7. The molecule has 0 bridgehead atoms. The highest BCUT2D eigenvalue weighted by Gasteiger charge is 2.20. The number of ether oxygens (including phenoxy) is 2. The second kappa shape index (κ2) is 7.65. The third-order valence-electron chi connectivity index (χ3n) is 3.77. The molecular formula is C17H23NO4S2. The van der Waals surface area contributed by atoms with Crippen LogP contribution in [0.2, 0.25) is 0 Å². The van der Waals surface area contributed by atoms with Crippen molar-refractivity contribution < 1.29 is 17.9 Å². The Hall–Kier alpha value is -1.41. The molecule has 1 unspecified atom stereocenters. The minimum Gasteiger partial charge on any atom is -0.496 e. The maximum absolute atomic E-state index is 12.6. The summed E-state index contributed by atoms with van der Waals surface area (Å²) in [7, 11) is -0.461. The maximum atomic E-state index is 12.6. The van der Waals surface area contributed by atoms with Crippen LogP contribution in [-0.4, -0.2) is 29.2 Å². The summed E-state index contributed by atoms with van der Waals surface area (Å²) in [6, 6.07) is 7.19. The highest BCUT2D eigenvalue weighted by atomic mass is 32.2. The van der Waals surface area contributed by atoms with Crippen LogP contribution < -0.4 is 9.46 Å². The Balaban J connectivity index is 2.19. The monoisotopic (exact) mass is 369 g/mol. The highest BCUT2D eigenvalue weighted by Crippen LogP contribution is 2.27. The third-order valence-corrected chi connectivity index (χ3v) is 6.27. The molecule has 0 fully saturated rings. The van der Waals surface area contributed by atoms with Crippen molar-refractivity contribution in [1.82, 2.24) is 4.72 Å². The van der Waals surface area contributed by atoms with Gasteiger partial charge in [0.15, 0.2) is 0 Å². The van der Waals surface area contributed by atoms with Crippen LogP contribution in [-0.2, 0) is 14.8 Å². The van der Waals surface area contributed by atoms with E-state index in [4.69, 9.17) is 9.47 Å². The predicted octanol–water partition coefficient (Wildman–Crippen LogP) is 3.35. The van der Waals surface area contributed by atoms with Gasteiger partial charge in [0.1, 0.15) is 11.9 Å². The zero-order valence-corrected chi connectivity index (χ0v) is 16.2. The van der Waals surface area contributed by atoms with Crippen molar-refractivity contribution in [3.63, 3.8) is 0 Å². The molecular weight excluding hydrogens is 346 g/mol. The quantitative estimate of drug-likeness (QED) is 0.813. The average Bonchev–Trinajstić information content (AvgIpc) is 2.94. The van der Waals surface area contributed by atoms with E-state index < -0.39 is 10.0 Å². The van der Waals surface area contributed by atoms with Gasteiger partial charge in [-0.2, -0.15) is 0 Å². The van der Waals surface area contributed by atoms with Gasteiger partial charge in [0, 0.05) is 23.4 Å². The number of sulfonamides is 1. The Morgan fingerprint density at radius 1 is 1.12 bits per heavy atom. The second-order valence-corrected chi connectivity index (χ2v) is 8.70. The summed E-state index contributed by atoms with van der Waals surface area (Å²) in [5.41, 5.74) is 1.57. The van der Waals surface area contributed by atoms with Gasteiger partial charge < -0.3 is 9.47 Å². The minimum absolute atomic E-state index is 0.183. The molecule has 24 heavy (non-hydrogen) atoms. The van der Waals surface area contributed by atoms with Gasteiger partial charge >= 0.3 is 0 Å². The predicted molar refractivity (Wildman–Crippen MR) is 96.5 cm³/mol. The Morgan fingerprint density at radius 2 is 1.75 bits per heavy atom. The molecule has 1 aromatic heterocycles. The van der Waals surface area contributed by atoms with E-state index in [1.165, 1.54) is 0 Å². The fraction of sp³-hybridized carbons (Fsp3) is 0.412. The summed E-state index contributed by atoms with van der Waals surface area (Å²) >= 11 is 1.60. The topological polar surface area (TPSA) is 64.6 Å². The normalized spacial score (nSPS) is 13.0. The molecule has 0 aliphatic rings. The molecule has 0 saturated heterocycles. The molecule has 1 N–H and O–H groups in total. The Kier molecular flexibility index (Phi) is 6.03. The van der Waals surface area contributed by atoms with Gasteiger partial charge in [0.2, 0.25) is 10.0 Å². The molecule has 0 spiro atoms. The lowest BCUT2D eigenvalue weighted by molar-refractivity contribution is 0.110. The van der Waals surface area contributed by atoms with Crippen LogP contribution in [0.25, 0.3) is 0 Å². The van der Waals surface area contributed by atoms with Crippen LogP contribution in [0, 0.1) is 20.8 Å². The van der Waals surface area contributed by atoms with Gasteiger partial charge in [-0.3, -0.25) is 0 Å². The van der Waals surface area contributed by atoms with Crippen LogP contribution >= 0.6 is 11.3 Å². The third kappa shape index (κ3) is 4.16. The van der Waals surface area contributed by atoms with Crippen LogP contribution in [0.3, 0.4) is 0 Å². The number of methoxy groups -OCH3 is 2. The van der Waals surface area contributed by atoms with Crippen molar-refractivity contribution >= 4 is 21.4 Å². The summed E-state index contributed by atoms with van der Waals surface area (Å²) in [5, 5.41) is 0. The number of benzene rings is 1. The highest BCUT2D eigenvalue weighted by molar-refractivity contribution is 7.89. The van der Waals surface area contributed by atoms with Crippen molar-refractivity contribution in [3.8, 4) is 5.75 Å². The fourth-order valence-corrected chi connectivity index (χ4v) is 4.74. The van der Waals surface area contributed by atoms with E-state index in [-0.39, 0.29) is 17.5 Å². The van der Waals surface area contributed by atoms with Crippen molar-refractivity contribution in [2.45, 2.75) is 31.8 Å². The smallest absolute Gasteiger partial charge is 0.240 e. The Bertz CT molecular complexity index is 789. The van der Waals surface area contributed by atoms with E-state index >= 15 is 0 Å². The molecule has 0 radical (unpaired) electrons. The van der Waals surface area contributed by atoms with Gasteiger partial charge in [-0.25, -0.2) is 13.1 Å². The number of aryl methyl sites for hydroxylation is 3. The molecule has 132 valence electrons. The van der Waals surface area contributed by atoms with Crippen LogP contribution in [0.4, 0.5) is 0 Å². The number of thiophene rings is 1. The van der Waals surface area contributed by atoms with E-state index in [1.807, 2.05) is 32.9 Å². The molecule has 0 aliphatic heterocycles. The van der Waals surface area contributed by atoms with Gasteiger partial charge in [0.25, 0.3) is 0 Å². The van der Waals surface area contributed by atoms with E-state index in [1.54, 1.807) is 37.7 Å². The SMILES string of the molecule is COc1c(C)cc(S(=O)(=O)NCC(OC)c2ccc(C)s2)cc1C. The lowest BCUT2D eigenvalue weighted by Crippen LogP contribution is -2.29. The number of hydrogen-bond donors (Lipinski definition) is 1. The zero-order valence-electron chi connectivity index (χ0n) is 14.5. The molecule has 5 nitrogen and oxygen atoms in total. The summed E-state index contributed by atoms with van der Waals surface area (Å²) in [4.78, 5) is 2.40. The van der Waals surface area contributed by atoms with Crippen molar-refractivity contribution in [2.75, 3.05) is 20.8 Å². The van der Waals surface area contributed by atoms with Crippen molar-refractivity contribution in [3.05, 3.63) is 45.1 Å². The zero-order chi connectivity index (χ0) is 17.9. The molecule has 0 saturated carbocycles. The molecule has 0 aliphatic carbocycles. The number of nitrogens with one attached hydrogen (secondary N) is 1. The van der Waals surface area contributed by atoms with Crippen molar-refractivity contribution in [2.24, 2.45) is 0 Å². The van der Waals surface area contributed by atoms with E-state index in [0.29, 0.717) is 5.75 Å². The van der Waals surface area contributed by atoms with Crippen LogP contribution in [0.15, 0.2) is 29.2 Å². The number of hydrogen-bond acceptors (Lipinski definition) is 5. The maximum Gasteiger partial charge on any atom is 0.240 e.